The fourth-order valence-corrected chi connectivity index (χ4v) is 2.82. The maximum Gasteiger partial charge on any atom is 0.246 e. The van der Waals surface area contributed by atoms with Crippen molar-refractivity contribution in [3.63, 3.8) is 0 Å². The normalized spacial score (nSPS) is 29.6. The molecule has 2 aromatic rings. The number of ether oxygens (including phenoxy) is 2. The SMILES string of the molecule is COc1nc(N)nc2c1ncn2[C@@H]1OC(CO)[C@@H](O)[C@@]1(C)N=[N+]=[N-]. The summed E-state index contributed by atoms with van der Waals surface area (Å²) in [5.74, 6) is 0.142. The lowest BCUT2D eigenvalue weighted by Gasteiger charge is -2.27. The van der Waals surface area contributed by atoms with E-state index in [9.17, 15) is 10.2 Å². The van der Waals surface area contributed by atoms with Gasteiger partial charge in [-0.1, -0.05) is 5.11 Å². The second-order valence-electron chi connectivity index (χ2n) is 5.48. The average Bonchev–Trinajstić information content (AvgIpc) is 3.07. The van der Waals surface area contributed by atoms with Crippen molar-refractivity contribution >= 4 is 17.1 Å². The van der Waals surface area contributed by atoms with E-state index >= 15 is 0 Å². The molecule has 24 heavy (non-hydrogen) atoms. The van der Waals surface area contributed by atoms with Crippen molar-refractivity contribution in [3.8, 4) is 5.88 Å². The Morgan fingerprint density at radius 2 is 2.33 bits per heavy atom. The molecule has 0 saturated carbocycles. The Morgan fingerprint density at radius 1 is 1.58 bits per heavy atom. The second kappa shape index (κ2) is 5.76. The predicted octanol–water partition coefficient (Wildman–Crippen LogP) is -0.263. The number of anilines is 1. The zero-order chi connectivity index (χ0) is 17.5. The van der Waals surface area contributed by atoms with E-state index in [0.29, 0.717) is 5.52 Å². The molecule has 0 radical (unpaired) electrons. The van der Waals surface area contributed by atoms with Gasteiger partial charge in [0.1, 0.15) is 11.6 Å². The van der Waals surface area contributed by atoms with Crippen LogP contribution in [0.4, 0.5) is 5.95 Å². The number of nitrogens with two attached hydrogens (primary N) is 1. The zero-order valence-corrected chi connectivity index (χ0v) is 12.9. The average molecular weight is 336 g/mol. The van der Waals surface area contributed by atoms with Crippen LogP contribution in [0.3, 0.4) is 0 Å². The van der Waals surface area contributed by atoms with Gasteiger partial charge in [-0.25, -0.2) is 4.98 Å². The Bertz CT molecular complexity index is 819. The summed E-state index contributed by atoms with van der Waals surface area (Å²) in [6.07, 6.45) is -1.71. The fraction of sp³-hybridized carbons (Fsp3) is 0.583. The summed E-state index contributed by atoms with van der Waals surface area (Å²) in [7, 11) is 1.42. The Kier molecular flexibility index (Phi) is 3.89. The number of nitrogen functional groups attached to an aromatic ring is 1. The van der Waals surface area contributed by atoms with E-state index in [0.717, 1.165) is 0 Å². The number of aliphatic hydroxyl groups is 2. The van der Waals surface area contributed by atoms with E-state index in [2.05, 4.69) is 25.0 Å². The van der Waals surface area contributed by atoms with Crippen LogP contribution >= 0.6 is 0 Å². The Labute approximate surface area is 135 Å². The molecule has 3 rings (SSSR count). The number of methoxy groups -OCH3 is 1. The number of aliphatic hydroxyl groups excluding tert-OH is 2. The number of rotatable bonds is 4. The number of hydrogen-bond donors (Lipinski definition) is 3. The Balaban J connectivity index is 2.19. The number of fused-ring (bicyclic) bond motifs is 1. The third kappa shape index (κ3) is 2.20. The molecule has 1 unspecified atom stereocenters. The van der Waals surface area contributed by atoms with Crippen molar-refractivity contribution in [3.05, 3.63) is 16.8 Å². The molecule has 4 atom stereocenters. The maximum atomic E-state index is 10.4. The first-order valence-electron chi connectivity index (χ1n) is 7.01. The highest BCUT2D eigenvalue weighted by Crippen LogP contribution is 2.42. The van der Waals surface area contributed by atoms with Crippen LogP contribution in [0.2, 0.25) is 0 Å². The van der Waals surface area contributed by atoms with Crippen LogP contribution in [0.5, 0.6) is 5.88 Å². The van der Waals surface area contributed by atoms with Gasteiger partial charge >= 0.3 is 0 Å². The highest BCUT2D eigenvalue weighted by molar-refractivity contribution is 5.77. The molecule has 2 aromatic heterocycles. The van der Waals surface area contributed by atoms with Gasteiger partial charge in [-0.3, -0.25) is 4.57 Å². The van der Waals surface area contributed by atoms with Crippen LogP contribution in [0.15, 0.2) is 11.4 Å². The highest BCUT2D eigenvalue weighted by Gasteiger charge is 2.54. The monoisotopic (exact) mass is 336 g/mol. The molecule has 1 aliphatic heterocycles. The standard InChI is InChI=1S/C12H16N8O4/c1-12(18-19-14)7(22)5(3-21)24-10(12)20-4-15-6-8(20)16-11(13)17-9(6)23-2/h4-5,7,10,21-22H,3H2,1-2H3,(H2,13,16,17)/t5?,7-,10-,12-/m1/s1. The van der Waals surface area contributed by atoms with Gasteiger partial charge in [-0.15, -0.1) is 0 Å². The molecule has 12 nitrogen and oxygen atoms in total. The first-order chi connectivity index (χ1) is 11.5. The third-order valence-corrected chi connectivity index (χ3v) is 4.05. The molecular weight excluding hydrogens is 320 g/mol. The molecule has 0 aliphatic carbocycles. The van der Waals surface area contributed by atoms with Crippen molar-refractivity contribution in [1.82, 2.24) is 19.5 Å². The van der Waals surface area contributed by atoms with Gasteiger partial charge in [0.15, 0.2) is 17.4 Å². The van der Waals surface area contributed by atoms with Crippen molar-refractivity contribution in [2.24, 2.45) is 5.11 Å². The van der Waals surface area contributed by atoms with Crippen LogP contribution in [0.1, 0.15) is 13.2 Å². The molecule has 0 bridgehead atoms. The topological polar surface area (TPSA) is 177 Å². The van der Waals surface area contributed by atoms with Gasteiger partial charge in [0, 0.05) is 4.91 Å². The summed E-state index contributed by atoms with van der Waals surface area (Å²) < 4.78 is 12.3. The number of hydrogen-bond acceptors (Lipinski definition) is 9. The van der Waals surface area contributed by atoms with Crippen LogP contribution in [0.25, 0.3) is 21.6 Å². The molecule has 4 N–H and O–H groups in total. The Hall–Kier alpha value is -2.66. The number of aromatic nitrogens is 4. The lowest BCUT2D eigenvalue weighted by Crippen LogP contribution is -2.42. The second-order valence-corrected chi connectivity index (χ2v) is 5.48. The first-order valence-corrected chi connectivity index (χ1v) is 7.01. The lowest BCUT2D eigenvalue weighted by molar-refractivity contribution is -0.0455. The minimum absolute atomic E-state index is 0.0381. The maximum absolute atomic E-state index is 10.4. The number of imidazole rings is 1. The molecule has 1 aliphatic rings. The van der Waals surface area contributed by atoms with Crippen LogP contribution < -0.4 is 10.5 Å². The summed E-state index contributed by atoms with van der Waals surface area (Å²) in [4.78, 5) is 15.0. The smallest absolute Gasteiger partial charge is 0.246 e. The van der Waals surface area contributed by atoms with E-state index in [1.54, 1.807) is 0 Å². The van der Waals surface area contributed by atoms with Gasteiger partial charge in [-0.2, -0.15) is 9.97 Å². The molecular formula is C12H16N8O4. The van der Waals surface area contributed by atoms with Crippen LogP contribution in [-0.2, 0) is 4.74 Å². The van der Waals surface area contributed by atoms with Gasteiger partial charge < -0.3 is 25.4 Å². The van der Waals surface area contributed by atoms with Crippen molar-refractivity contribution < 1.29 is 19.7 Å². The van der Waals surface area contributed by atoms with E-state index < -0.39 is 30.6 Å². The minimum Gasteiger partial charge on any atom is -0.479 e. The summed E-state index contributed by atoms with van der Waals surface area (Å²) in [6.45, 7) is 1.08. The van der Waals surface area contributed by atoms with Crippen molar-refractivity contribution in [1.29, 1.82) is 0 Å². The predicted molar refractivity (Wildman–Crippen MR) is 80.8 cm³/mol. The highest BCUT2D eigenvalue weighted by atomic mass is 16.5. The van der Waals surface area contributed by atoms with Gasteiger partial charge in [0.25, 0.3) is 0 Å². The molecule has 0 amide bonds. The van der Waals surface area contributed by atoms with Gasteiger partial charge in [0.2, 0.25) is 11.8 Å². The van der Waals surface area contributed by atoms with E-state index in [4.69, 9.17) is 20.7 Å². The van der Waals surface area contributed by atoms with E-state index in [1.807, 2.05) is 0 Å². The molecule has 12 heteroatoms. The lowest BCUT2D eigenvalue weighted by atomic mass is 9.93. The summed E-state index contributed by atoms with van der Waals surface area (Å²) in [5, 5.41) is 23.4. The number of nitrogens with zero attached hydrogens (tertiary/aromatic N) is 7. The molecule has 128 valence electrons. The molecule has 1 fully saturated rings. The quantitative estimate of drug-likeness (QED) is 0.388. The summed E-state index contributed by atoms with van der Waals surface area (Å²) >= 11 is 0. The van der Waals surface area contributed by atoms with Crippen LogP contribution in [0, 0.1) is 0 Å². The van der Waals surface area contributed by atoms with Crippen molar-refractivity contribution in [2.75, 3.05) is 19.5 Å². The third-order valence-electron chi connectivity index (χ3n) is 4.05. The van der Waals surface area contributed by atoms with Crippen molar-refractivity contribution in [2.45, 2.75) is 30.9 Å². The molecule has 0 spiro atoms. The zero-order valence-electron chi connectivity index (χ0n) is 12.9. The molecule has 3 heterocycles. The van der Waals surface area contributed by atoms with Gasteiger partial charge in [0.05, 0.1) is 26.1 Å². The molecule has 0 aromatic carbocycles. The largest absolute Gasteiger partial charge is 0.479 e. The molecule has 1 saturated heterocycles. The first kappa shape index (κ1) is 16.2. The fourth-order valence-electron chi connectivity index (χ4n) is 2.82. The summed E-state index contributed by atoms with van der Waals surface area (Å²) in [6, 6.07) is 0. The minimum atomic E-state index is -1.39. The Morgan fingerprint density at radius 3 is 2.96 bits per heavy atom. The summed E-state index contributed by atoms with van der Waals surface area (Å²) in [5.41, 5.74) is 13.8. The van der Waals surface area contributed by atoms with Gasteiger partial charge in [-0.05, 0) is 12.5 Å². The van der Waals surface area contributed by atoms with E-state index in [1.165, 1.54) is 24.9 Å². The van der Waals surface area contributed by atoms with Crippen LogP contribution in [-0.4, -0.2) is 61.2 Å². The van der Waals surface area contributed by atoms with E-state index in [-0.39, 0.29) is 17.5 Å². The number of azide groups is 1.